The van der Waals surface area contributed by atoms with Crippen LogP contribution in [0.4, 0.5) is 0 Å². The normalized spacial score (nSPS) is 14.3. The highest BCUT2D eigenvalue weighted by atomic mass is 31.2. The molecule has 0 bridgehead atoms. The van der Waals surface area contributed by atoms with Crippen LogP contribution in [0.3, 0.4) is 0 Å². The summed E-state index contributed by atoms with van der Waals surface area (Å²) in [7, 11) is 1.62. The van der Waals surface area contributed by atoms with Gasteiger partial charge in [-0.1, -0.05) is 329 Å². The van der Waals surface area contributed by atoms with E-state index in [-0.39, 0.29) is 19.1 Å². The molecule has 0 aliphatic rings. The predicted octanol–water partition coefficient (Wildman–Crippen LogP) is 22.5. The number of aliphatic hydroxyl groups is 1. The molecule has 8 nitrogen and oxygen atoms in total. The summed E-state index contributed by atoms with van der Waals surface area (Å²) >= 11 is 0. The largest absolute Gasteiger partial charge is 0.472 e. The molecule has 0 spiro atoms. The van der Waals surface area contributed by atoms with Gasteiger partial charge in [-0.2, -0.15) is 0 Å². The van der Waals surface area contributed by atoms with E-state index >= 15 is 0 Å². The molecule has 0 fully saturated rings. The minimum Gasteiger partial charge on any atom is -0.391 e. The van der Waals surface area contributed by atoms with Gasteiger partial charge >= 0.3 is 7.82 Å². The molecule has 0 aliphatic carbocycles. The van der Waals surface area contributed by atoms with Crippen LogP contribution in [-0.4, -0.2) is 73.4 Å². The van der Waals surface area contributed by atoms with Gasteiger partial charge in [0.15, 0.2) is 0 Å². The van der Waals surface area contributed by atoms with Gasteiger partial charge in [-0.05, 0) is 77.0 Å². The predicted molar refractivity (Wildman–Crippen MR) is 364 cm³/mol. The first-order valence-electron chi connectivity index (χ1n) is 35.1. The first kappa shape index (κ1) is 80.4. The number of carbonyl (C=O) groups is 1. The number of hydrogen-bond donors (Lipinski definition) is 3. The maximum Gasteiger partial charge on any atom is 0.472 e. The molecule has 0 saturated carbocycles. The molecule has 3 N–H and O–H groups in total. The number of quaternary nitrogens is 1. The SMILES string of the molecule is CC/C=C\C/C=C\C/C=C\C/C=C\C/C=C\C/C=C\C/C=C\C/C=C\CCCCCCCCCCCCCCCCC(=O)NC(COP(=O)(O)OCC[N+](C)(C)C)C(O)CCCCCCCCCCCCCCCCCCCCCCCC. The molecule has 1 amide bonds. The lowest BCUT2D eigenvalue weighted by atomic mass is 10.0. The summed E-state index contributed by atoms with van der Waals surface area (Å²) in [6.07, 6.45) is 92.1. The van der Waals surface area contributed by atoms with Crippen molar-refractivity contribution in [3.8, 4) is 0 Å². The Hall–Kier alpha value is -2.58. The first-order valence-corrected chi connectivity index (χ1v) is 36.6. The highest BCUT2D eigenvalue weighted by molar-refractivity contribution is 7.47. The molecule has 0 aromatic rings. The van der Waals surface area contributed by atoms with Crippen molar-refractivity contribution in [2.75, 3.05) is 40.9 Å². The van der Waals surface area contributed by atoms with Crippen molar-refractivity contribution in [1.29, 1.82) is 0 Å². The van der Waals surface area contributed by atoms with E-state index in [1.54, 1.807) is 0 Å². The van der Waals surface area contributed by atoms with Crippen molar-refractivity contribution in [3.05, 3.63) is 97.2 Å². The average molecular weight is 1180 g/mol. The minimum atomic E-state index is -4.33. The second kappa shape index (κ2) is 63.9. The number of phosphoric acid groups is 1. The molecule has 0 aromatic carbocycles. The Bertz CT molecular complexity index is 1670. The van der Waals surface area contributed by atoms with Gasteiger partial charge in [0.2, 0.25) is 5.91 Å². The Morgan fingerprint density at radius 3 is 1.06 bits per heavy atom. The van der Waals surface area contributed by atoms with Crippen LogP contribution in [0.1, 0.15) is 316 Å². The molecule has 9 heteroatoms. The number of amides is 1. The van der Waals surface area contributed by atoms with Gasteiger partial charge in [-0.25, -0.2) is 4.57 Å². The van der Waals surface area contributed by atoms with Crippen molar-refractivity contribution in [2.45, 2.75) is 328 Å². The zero-order chi connectivity index (χ0) is 60.5. The third-order valence-corrected chi connectivity index (χ3v) is 16.6. The number of unbranched alkanes of at least 4 members (excludes halogenated alkanes) is 35. The second-order valence-corrected chi connectivity index (χ2v) is 26.3. The summed E-state index contributed by atoms with van der Waals surface area (Å²) in [5.41, 5.74) is 0. The summed E-state index contributed by atoms with van der Waals surface area (Å²) in [4.78, 5) is 23.5. The second-order valence-electron chi connectivity index (χ2n) is 24.9. The lowest BCUT2D eigenvalue weighted by Gasteiger charge is -2.26. The van der Waals surface area contributed by atoms with E-state index in [0.29, 0.717) is 23.9 Å². The van der Waals surface area contributed by atoms with Crippen LogP contribution in [0.5, 0.6) is 0 Å². The first-order chi connectivity index (χ1) is 40.5. The highest BCUT2D eigenvalue weighted by Gasteiger charge is 2.28. The van der Waals surface area contributed by atoms with Gasteiger partial charge in [0, 0.05) is 6.42 Å². The van der Waals surface area contributed by atoms with E-state index in [2.05, 4.69) is 116 Å². The Kier molecular flexibility index (Phi) is 61.9. The molecule has 0 aliphatic heterocycles. The van der Waals surface area contributed by atoms with Crippen molar-refractivity contribution < 1.29 is 32.9 Å². The van der Waals surface area contributed by atoms with E-state index in [4.69, 9.17) is 9.05 Å². The molecule has 83 heavy (non-hydrogen) atoms. The minimum absolute atomic E-state index is 0.0726. The fraction of sp³-hybridized carbons (Fsp3) is 0.770. The zero-order valence-corrected chi connectivity index (χ0v) is 56.1. The molecule has 482 valence electrons. The number of phosphoric ester groups is 1. The molecular weight excluding hydrogens is 1040 g/mol. The smallest absolute Gasteiger partial charge is 0.391 e. The van der Waals surface area contributed by atoms with Crippen LogP contribution < -0.4 is 5.32 Å². The third-order valence-electron chi connectivity index (χ3n) is 15.6. The van der Waals surface area contributed by atoms with E-state index in [1.807, 2.05) is 21.1 Å². The number of nitrogens with one attached hydrogen (secondary N) is 1. The van der Waals surface area contributed by atoms with Gasteiger partial charge in [-0.3, -0.25) is 13.8 Å². The Morgan fingerprint density at radius 1 is 0.422 bits per heavy atom. The lowest BCUT2D eigenvalue weighted by molar-refractivity contribution is -0.870. The number of hydrogen-bond acceptors (Lipinski definition) is 5. The van der Waals surface area contributed by atoms with Crippen molar-refractivity contribution >= 4 is 13.7 Å². The number of aliphatic hydroxyl groups excluding tert-OH is 1. The number of likely N-dealkylation sites (N-methyl/N-ethyl adjacent to an activating group) is 1. The fourth-order valence-corrected chi connectivity index (χ4v) is 10.9. The van der Waals surface area contributed by atoms with Crippen molar-refractivity contribution in [3.63, 3.8) is 0 Å². The summed E-state index contributed by atoms with van der Waals surface area (Å²) in [6, 6.07) is -0.767. The lowest BCUT2D eigenvalue weighted by Crippen LogP contribution is -2.46. The maximum atomic E-state index is 13.1. The quantitative estimate of drug-likeness (QED) is 0.0243. The van der Waals surface area contributed by atoms with Crippen LogP contribution >= 0.6 is 7.82 Å². The molecule has 3 atom stereocenters. The Balaban J connectivity index is 4.03. The number of allylic oxidation sites excluding steroid dienone is 16. The van der Waals surface area contributed by atoms with E-state index < -0.39 is 20.0 Å². The summed E-state index contributed by atoms with van der Waals surface area (Å²) in [6.45, 7) is 4.81. The highest BCUT2D eigenvalue weighted by Crippen LogP contribution is 2.43. The average Bonchev–Trinajstić information content (AvgIpc) is 3.50. The van der Waals surface area contributed by atoms with Gasteiger partial charge in [0.25, 0.3) is 0 Å². The summed E-state index contributed by atoms with van der Waals surface area (Å²) < 4.78 is 23.9. The molecule has 0 saturated heterocycles. The van der Waals surface area contributed by atoms with Gasteiger partial charge in [0.05, 0.1) is 39.9 Å². The topological polar surface area (TPSA) is 105 Å². The van der Waals surface area contributed by atoms with Crippen LogP contribution in [0.15, 0.2) is 97.2 Å². The zero-order valence-electron chi connectivity index (χ0n) is 55.2. The number of carbonyl (C=O) groups excluding carboxylic acids is 1. The molecule has 0 radical (unpaired) electrons. The molecule has 0 heterocycles. The molecular formula is C74H136N2O6P+. The van der Waals surface area contributed by atoms with Gasteiger partial charge < -0.3 is 19.8 Å². The number of nitrogens with zero attached hydrogens (tertiary/aromatic N) is 1. The third kappa shape index (κ3) is 66.8. The van der Waals surface area contributed by atoms with Gasteiger partial charge in [-0.15, -0.1) is 0 Å². The van der Waals surface area contributed by atoms with Crippen LogP contribution in [0.2, 0.25) is 0 Å². The van der Waals surface area contributed by atoms with Crippen LogP contribution in [0, 0.1) is 0 Å². The maximum absolute atomic E-state index is 13.1. The molecule has 0 aromatic heterocycles. The summed E-state index contributed by atoms with van der Waals surface area (Å²) in [5, 5.41) is 14.1. The number of rotatable bonds is 64. The van der Waals surface area contributed by atoms with E-state index in [1.165, 1.54) is 199 Å². The van der Waals surface area contributed by atoms with E-state index in [9.17, 15) is 19.4 Å². The molecule has 3 unspecified atom stereocenters. The van der Waals surface area contributed by atoms with Crippen molar-refractivity contribution in [1.82, 2.24) is 5.32 Å². The Morgan fingerprint density at radius 2 is 0.723 bits per heavy atom. The Labute approximate surface area is 515 Å². The van der Waals surface area contributed by atoms with Gasteiger partial charge in [0.1, 0.15) is 13.2 Å². The standard InChI is InChI=1S/C74H135N2O6P/c1-6-8-10-12-14-16-18-20-22-24-26-28-30-31-32-33-34-35-36-37-38-39-40-41-42-43-44-45-46-48-50-52-54-56-58-60-62-64-66-68-74(78)75-72(71-82-83(79,80)81-70-69-76(3,4)5)73(77)67-65-63-61-59-57-55-53-51-49-47-29-27-25-23-21-19-17-15-13-11-9-7-2/h8,10,14,16,20,22,26,28,31-32,34-35,37-38,40-41,72-73,77H,6-7,9,11-13,15,17-19,21,23-25,27,29-30,33,36,39,42-71H2,1-5H3,(H-,75,78,79,80)/p+1/b10-8-,16-14-,22-20-,28-26-,32-31-,35-34-,38-37-,41-40-. The van der Waals surface area contributed by atoms with Crippen LogP contribution in [-0.2, 0) is 18.4 Å². The van der Waals surface area contributed by atoms with E-state index in [0.717, 1.165) is 89.9 Å². The monoisotopic (exact) mass is 1180 g/mol. The van der Waals surface area contributed by atoms with Crippen molar-refractivity contribution in [2.24, 2.45) is 0 Å². The van der Waals surface area contributed by atoms with Crippen LogP contribution in [0.25, 0.3) is 0 Å². The molecule has 0 rings (SSSR count). The fourth-order valence-electron chi connectivity index (χ4n) is 10.2. The summed E-state index contributed by atoms with van der Waals surface area (Å²) in [5.74, 6) is -0.144.